The molecule has 0 aliphatic heterocycles. The summed E-state index contributed by atoms with van der Waals surface area (Å²) < 4.78 is 4.02. The van der Waals surface area contributed by atoms with Crippen molar-refractivity contribution in [2.24, 2.45) is 5.73 Å². The van der Waals surface area contributed by atoms with E-state index in [1.165, 1.54) is 22.0 Å². The predicted octanol–water partition coefficient (Wildman–Crippen LogP) is 3.59. The van der Waals surface area contributed by atoms with Gasteiger partial charge in [0.25, 0.3) is 5.91 Å². The van der Waals surface area contributed by atoms with Crippen LogP contribution in [0.4, 0.5) is 0 Å². The molecule has 0 atom stereocenters. The molecule has 4 aromatic rings. The molecular weight excluding hydrogens is 324 g/mol. The minimum Gasteiger partial charge on any atom is -0.364 e. The van der Waals surface area contributed by atoms with Crippen LogP contribution in [-0.4, -0.2) is 20.3 Å². The van der Waals surface area contributed by atoms with Crippen LogP contribution in [0.5, 0.6) is 0 Å². The molecule has 0 saturated heterocycles. The lowest BCUT2D eigenvalue weighted by Crippen LogP contribution is -2.12. The summed E-state index contributed by atoms with van der Waals surface area (Å²) >= 11 is 0. The summed E-state index contributed by atoms with van der Waals surface area (Å²) in [5.41, 5.74) is 11.1. The van der Waals surface area contributed by atoms with E-state index in [1.807, 2.05) is 19.1 Å². The summed E-state index contributed by atoms with van der Waals surface area (Å²) in [4.78, 5) is 11.4. The smallest absolute Gasteiger partial charge is 0.269 e. The van der Waals surface area contributed by atoms with Crippen LogP contribution < -0.4 is 5.73 Å². The van der Waals surface area contributed by atoms with Crippen LogP contribution in [0.2, 0.25) is 0 Å². The number of benzene rings is 2. The number of hydrogen-bond acceptors (Lipinski definition) is 2. The average Bonchev–Trinajstić information content (AvgIpc) is 3.17. The second-order valence-corrected chi connectivity index (χ2v) is 6.57. The summed E-state index contributed by atoms with van der Waals surface area (Å²) in [5, 5.41) is 5.50. The van der Waals surface area contributed by atoms with E-state index in [-0.39, 0.29) is 5.69 Å². The molecule has 26 heavy (non-hydrogen) atoms. The van der Waals surface area contributed by atoms with Crippen molar-refractivity contribution in [1.29, 1.82) is 0 Å². The molecular formula is C21H20N4O. The van der Waals surface area contributed by atoms with Gasteiger partial charge in [-0.25, -0.2) is 4.68 Å². The summed E-state index contributed by atoms with van der Waals surface area (Å²) in [5.74, 6) is -0.516. The number of hydrogen-bond donors (Lipinski definition) is 1. The minimum absolute atomic E-state index is 0.279. The molecule has 130 valence electrons. The van der Waals surface area contributed by atoms with Crippen molar-refractivity contribution in [3.63, 3.8) is 0 Å². The molecule has 0 bridgehead atoms. The normalized spacial score (nSPS) is 11.2. The Morgan fingerprint density at radius 2 is 1.85 bits per heavy atom. The van der Waals surface area contributed by atoms with Gasteiger partial charge in [0.2, 0.25) is 0 Å². The number of rotatable bonds is 4. The molecule has 0 spiro atoms. The third-order valence-electron chi connectivity index (χ3n) is 4.64. The highest BCUT2D eigenvalue weighted by Crippen LogP contribution is 2.25. The van der Waals surface area contributed by atoms with E-state index in [9.17, 15) is 4.79 Å². The van der Waals surface area contributed by atoms with Crippen LogP contribution in [0, 0.1) is 13.8 Å². The summed E-state index contributed by atoms with van der Waals surface area (Å²) in [6.07, 6.45) is 2.17. The Bertz CT molecular complexity index is 1110. The maximum Gasteiger partial charge on any atom is 0.269 e. The number of aromatic nitrogens is 3. The lowest BCUT2D eigenvalue weighted by Gasteiger charge is -2.08. The van der Waals surface area contributed by atoms with Crippen molar-refractivity contribution in [2.75, 3.05) is 0 Å². The Labute approximate surface area is 151 Å². The number of fused-ring (bicyclic) bond motifs is 1. The van der Waals surface area contributed by atoms with Gasteiger partial charge in [0.05, 0.1) is 5.69 Å². The standard InChI is InChI=1S/C21H20N4O/c1-14-12-24(13-16-6-4-3-5-7-16)20-9-8-17(11-18(14)20)25-15(2)10-19(23-25)21(22)26/h3-12H,13H2,1-2H3,(H2,22,26). The Kier molecular flexibility index (Phi) is 3.84. The molecule has 2 N–H and O–H groups in total. The monoisotopic (exact) mass is 344 g/mol. The summed E-state index contributed by atoms with van der Waals surface area (Å²) in [6, 6.07) is 18.4. The second-order valence-electron chi connectivity index (χ2n) is 6.57. The van der Waals surface area contributed by atoms with Crippen LogP contribution in [0.15, 0.2) is 60.8 Å². The highest BCUT2D eigenvalue weighted by Gasteiger charge is 2.12. The number of nitrogens with zero attached hydrogens (tertiary/aromatic N) is 3. The molecule has 2 aromatic heterocycles. The minimum atomic E-state index is -0.516. The molecule has 1 amide bonds. The van der Waals surface area contributed by atoms with Crippen LogP contribution >= 0.6 is 0 Å². The molecule has 0 aliphatic carbocycles. The Morgan fingerprint density at radius 1 is 1.08 bits per heavy atom. The Balaban J connectivity index is 1.77. The molecule has 4 rings (SSSR count). The van der Waals surface area contributed by atoms with Gasteiger partial charge in [-0.3, -0.25) is 4.79 Å². The van der Waals surface area contributed by atoms with Crippen molar-refractivity contribution in [1.82, 2.24) is 14.3 Å². The molecule has 0 aliphatic rings. The highest BCUT2D eigenvalue weighted by atomic mass is 16.1. The first-order valence-electron chi connectivity index (χ1n) is 8.53. The van der Waals surface area contributed by atoms with Crippen LogP contribution in [0.25, 0.3) is 16.6 Å². The fourth-order valence-electron chi connectivity index (χ4n) is 3.36. The van der Waals surface area contributed by atoms with E-state index < -0.39 is 5.91 Å². The van der Waals surface area contributed by atoms with Crippen LogP contribution in [0.1, 0.15) is 27.3 Å². The predicted molar refractivity (Wildman–Crippen MR) is 103 cm³/mol. The van der Waals surface area contributed by atoms with Crippen molar-refractivity contribution >= 4 is 16.8 Å². The second kappa shape index (κ2) is 6.19. The molecule has 5 nitrogen and oxygen atoms in total. The van der Waals surface area contributed by atoms with Crippen molar-refractivity contribution in [3.05, 3.63) is 83.3 Å². The maximum absolute atomic E-state index is 11.4. The lowest BCUT2D eigenvalue weighted by atomic mass is 10.1. The van der Waals surface area contributed by atoms with Gasteiger partial charge in [0.1, 0.15) is 0 Å². The zero-order chi connectivity index (χ0) is 18.3. The summed E-state index contributed by atoms with van der Waals surface area (Å²) in [7, 11) is 0. The topological polar surface area (TPSA) is 65.8 Å². The van der Waals surface area contributed by atoms with E-state index in [2.05, 4.69) is 59.2 Å². The van der Waals surface area contributed by atoms with E-state index >= 15 is 0 Å². The fourth-order valence-corrected chi connectivity index (χ4v) is 3.36. The van der Waals surface area contributed by atoms with Gasteiger partial charge in [0.15, 0.2) is 5.69 Å². The number of nitrogens with two attached hydrogens (primary N) is 1. The van der Waals surface area contributed by atoms with Crippen molar-refractivity contribution < 1.29 is 4.79 Å². The van der Waals surface area contributed by atoms with Gasteiger partial charge in [0, 0.05) is 29.3 Å². The number of primary amides is 1. The van der Waals surface area contributed by atoms with Gasteiger partial charge >= 0.3 is 0 Å². The number of carbonyl (C=O) groups excluding carboxylic acids is 1. The largest absolute Gasteiger partial charge is 0.364 e. The zero-order valence-electron chi connectivity index (χ0n) is 14.8. The quantitative estimate of drug-likeness (QED) is 0.615. The highest BCUT2D eigenvalue weighted by molar-refractivity contribution is 5.91. The van der Waals surface area contributed by atoms with E-state index in [1.54, 1.807) is 10.7 Å². The van der Waals surface area contributed by atoms with Crippen molar-refractivity contribution in [2.45, 2.75) is 20.4 Å². The van der Waals surface area contributed by atoms with Gasteiger partial charge in [-0.2, -0.15) is 5.10 Å². The third kappa shape index (κ3) is 2.77. The molecule has 0 fully saturated rings. The number of carbonyl (C=O) groups is 1. The number of aryl methyl sites for hydroxylation is 2. The molecule has 2 heterocycles. The zero-order valence-corrected chi connectivity index (χ0v) is 14.8. The molecule has 0 radical (unpaired) electrons. The first-order valence-corrected chi connectivity index (χ1v) is 8.53. The third-order valence-corrected chi connectivity index (χ3v) is 4.64. The SMILES string of the molecule is Cc1cn(Cc2ccccc2)c2ccc(-n3nc(C(N)=O)cc3C)cc12. The maximum atomic E-state index is 11.4. The van der Waals surface area contributed by atoms with Crippen LogP contribution in [0.3, 0.4) is 0 Å². The van der Waals surface area contributed by atoms with Gasteiger partial charge in [-0.05, 0) is 49.2 Å². The Hall–Kier alpha value is -3.34. The van der Waals surface area contributed by atoms with Gasteiger partial charge in [-0.1, -0.05) is 30.3 Å². The van der Waals surface area contributed by atoms with Gasteiger partial charge in [-0.15, -0.1) is 0 Å². The molecule has 5 heteroatoms. The van der Waals surface area contributed by atoms with E-state index in [0.29, 0.717) is 0 Å². The molecule has 0 unspecified atom stereocenters. The fraction of sp³-hybridized carbons (Fsp3) is 0.143. The average molecular weight is 344 g/mol. The molecule has 0 saturated carbocycles. The first kappa shape index (κ1) is 16.1. The Morgan fingerprint density at radius 3 is 2.54 bits per heavy atom. The first-order chi connectivity index (χ1) is 12.5. The van der Waals surface area contributed by atoms with Crippen LogP contribution in [-0.2, 0) is 6.54 Å². The summed E-state index contributed by atoms with van der Waals surface area (Å²) in [6.45, 7) is 4.85. The van der Waals surface area contributed by atoms with E-state index in [0.717, 1.165) is 17.9 Å². The van der Waals surface area contributed by atoms with Gasteiger partial charge < -0.3 is 10.3 Å². The molecule has 2 aromatic carbocycles. The van der Waals surface area contributed by atoms with Crippen molar-refractivity contribution in [3.8, 4) is 5.69 Å². The lowest BCUT2D eigenvalue weighted by molar-refractivity contribution is 0.0995. The van der Waals surface area contributed by atoms with E-state index in [4.69, 9.17) is 5.73 Å². The number of amides is 1.